The van der Waals surface area contributed by atoms with Crippen molar-refractivity contribution in [2.24, 2.45) is 7.05 Å². The van der Waals surface area contributed by atoms with Gasteiger partial charge in [0, 0.05) is 11.9 Å². The molecule has 3 heterocycles. The van der Waals surface area contributed by atoms with E-state index in [-0.39, 0.29) is 5.56 Å². The van der Waals surface area contributed by atoms with Crippen LogP contribution in [0.3, 0.4) is 0 Å². The lowest BCUT2D eigenvalue weighted by atomic mass is 10.0. The molecule has 0 unspecified atom stereocenters. The number of aromatic nitrogens is 5. The van der Waals surface area contributed by atoms with Gasteiger partial charge in [-0.15, -0.1) is 11.3 Å². The van der Waals surface area contributed by atoms with E-state index in [2.05, 4.69) is 20.0 Å². The molecule has 0 saturated heterocycles. The van der Waals surface area contributed by atoms with Gasteiger partial charge in [0.15, 0.2) is 5.65 Å². The van der Waals surface area contributed by atoms with Crippen molar-refractivity contribution in [1.82, 2.24) is 29.6 Å². The standard InChI is InChI=1S/C16H20N6OS/c1-21(9-14-18-11-5-3-4-6-12(11)24-14)8-13-19-15-10(16(23)20-13)7-17-22(15)2/h7H,3-6,8-9H2,1-2H3,(H,19,20,23). The second-order valence-corrected chi connectivity index (χ2v) is 7.54. The van der Waals surface area contributed by atoms with Gasteiger partial charge in [0.1, 0.15) is 16.2 Å². The minimum absolute atomic E-state index is 0.138. The van der Waals surface area contributed by atoms with E-state index in [0.29, 0.717) is 23.4 Å². The summed E-state index contributed by atoms with van der Waals surface area (Å²) in [5, 5.41) is 5.77. The first-order chi connectivity index (χ1) is 11.6. The minimum atomic E-state index is -0.138. The first-order valence-electron chi connectivity index (χ1n) is 8.17. The summed E-state index contributed by atoms with van der Waals surface area (Å²) in [5.41, 5.74) is 1.77. The Morgan fingerprint density at radius 3 is 2.96 bits per heavy atom. The molecule has 0 spiro atoms. The number of hydrogen-bond donors (Lipinski definition) is 1. The molecule has 1 N–H and O–H groups in total. The average Bonchev–Trinajstić information content (AvgIpc) is 3.11. The highest BCUT2D eigenvalue weighted by Crippen LogP contribution is 2.27. The van der Waals surface area contributed by atoms with Crippen molar-refractivity contribution in [3.63, 3.8) is 0 Å². The molecule has 3 aromatic rings. The van der Waals surface area contributed by atoms with Crippen LogP contribution in [-0.2, 0) is 33.0 Å². The molecule has 0 radical (unpaired) electrons. The lowest BCUT2D eigenvalue weighted by molar-refractivity contribution is 0.310. The second-order valence-electron chi connectivity index (χ2n) is 6.37. The highest BCUT2D eigenvalue weighted by Gasteiger charge is 2.16. The zero-order chi connectivity index (χ0) is 16.7. The van der Waals surface area contributed by atoms with Crippen LogP contribution in [0.5, 0.6) is 0 Å². The maximum atomic E-state index is 12.1. The molecule has 0 fully saturated rings. The van der Waals surface area contributed by atoms with Crippen molar-refractivity contribution in [2.45, 2.75) is 38.8 Å². The Morgan fingerprint density at radius 1 is 1.29 bits per heavy atom. The molecule has 0 aromatic carbocycles. The van der Waals surface area contributed by atoms with E-state index in [1.54, 1.807) is 17.9 Å². The molecule has 3 aromatic heterocycles. The van der Waals surface area contributed by atoms with Crippen LogP contribution in [0, 0.1) is 0 Å². The number of H-pyrrole nitrogens is 1. The van der Waals surface area contributed by atoms with Crippen molar-refractivity contribution >= 4 is 22.4 Å². The van der Waals surface area contributed by atoms with E-state index in [9.17, 15) is 4.79 Å². The van der Waals surface area contributed by atoms with Crippen molar-refractivity contribution in [1.29, 1.82) is 0 Å². The molecule has 126 valence electrons. The van der Waals surface area contributed by atoms with Crippen molar-refractivity contribution < 1.29 is 0 Å². The summed E-state index contributed by atoms with van der Waals surface area (Å²) >= 11 is 1.82. The number of rotatable bonds is 4. The summed E-state index contributed by atoms with van der Waals surface area (Å²) in [7, 11) is 3.82. The van der Waals surface area contributed by atoms with E-state index in [4.69, 9.17) is 4.98 Å². The molecule has 4 rings (SSSR count). The first-order valence-corrected chi connectivity index (χ1v) is 8.98. The number of thiazole rings is 1. The van der Waals surface area contributed by atoms with Crippen LogP contribution in [0.2, 0.25) is 0 Å². The highest BCUT2D eigenvalue weighted by atomic mass is 32.1. The number of nitrogens with zero attached hydrogens (tertiary/aromatic N) is 5. The van der Waals surface area contributed by atoms with E-state index in [0.717, 1.165) is 18.0 Å². The topological polar surface area (TPSA) is 79.7 Å². The Labute approximate surface area is 143 Å². The Bertz CT molecular complexity index is 916. The number of fused-ring (bicyclic) bond motifs is 2. The Hall–Kier alpha value is -2.06. The number of nitrogens with one attached hydrogen (secondary N) is 1. The molecule has 7 nitrogen and oxygen atoms in total. The third-order valence-corrected chi connectivity index (χ3v) is 5.51. The molecule has 0 aliphatic heterocycles. The average molecular weight is 344 g/mol. The maximum absolute atomic E-state index is 12.1. The van der Waals surface area contributed by atoms with Crippen LogP contribution in [0.4, 0.5) is 0 Å². The van der Waals surface area contributed by atoms with Gasteiger partial charge in [0.05, 0.1) is 25.0 Å². The van der Waals surface area contributed by atoms with Gasteiger partial charge < -0.3 is 4.98 Å². The van der Waals surface area contributed by atoms with Gasteiger partial charge in [-0.05, 0) is 32.7 Å². The molecule has 8 heteroatoms. The van der Waals surface area contributed by atoms with Crippen LogP contribution < -0.4 is 5.56 Å². The smallest absolute Gasteiger partial charge is 0.262 e. The molecule has 1 aliphatic rings. The van der Waals surface area contributed by atoms with Crippen LogP contribution in [0.25, 0.3) is 11.0 Å². The molecule has 1 aliphatic carbocycles. The summed E-state index contributed by atoms with van der Waals surface area (Å²) in [4.78, 5) is 27.8. The molecule has 24 heavy (non-hydrogen) atoms. The maximum Gasteiger partial charge on any atom is 0.262 e. The predicted molar refractivity (Wildman–Crippen MR) is 93.1 cm³/mol. The summed E-state index contributed by atoms with van der Waals surface area (Å²) in [6, 6.07) is 0. The van der Waals surface area contributed by atoms with Crippen molar-refractivity contribution in [3.8, 4) is 0 Å². The summed E-state index contributed by atoms with van der Waals surface area (Å²) in [6.45, 7) is 1.34. The fraction of sp³-hybridized carbons (Fsp3) is 0.500. The Morgan fingerprint density at radius 2 is 2.12 bits per heavy atom. The summed E-state index contributed by atoms with van der Waals surface area (Å²) in [5.74, 6) is 0.653. The predicted octanol–water partition coefficient (Wildman–Crippen LogP) is 1.62. The monoisotopic (exact) mass is 344 g/mol. The van der Waals surface area contributed by atoms with E-state index in [1.165, 1.54) is 29.8 Å². The number of hydrogen-bond acceptors (Lipinski definition) is 6. The fourth-order valence-electron chi connectivity index (χ4n) is 3.17. The summed E-state index contributed by atoms with van der Waals surface area (Å²) in [6.07, 6.45) is 6.36. The van der Waals surface area contributed by atoms with Crippen molar-refractivity contribution in [3.05, 3.63) is 38.0 Å². The van der Waals surface area contributed by atoms with Gasteiger partial charge in [0.2, 0.25) is 0 Å². The molecular formula is C16H20N6OS. The molecule has 0 saturated carbocycles. The van der Waals surface area contributed by atoms with Gasteiger partial charge >= 0.3 is 0 Å². The first kappa shape index (κ1) is 15.5. The van der Waals surface area contributed by atoms with E-state index >= 15 is 0 Å². The van der Waals surface area contributed by atoms with Crippen molar-refractivity contribution in [2.75, 3.05) is 7.05 Å². The zero-order valence-corrected chi connectivity index (χ0v) is 14.7. The van der Waals surface area contributed by atoms with Gasteiger partial charge in [-0.3, -0.25) is 14.4 Å². The van der Waals surface area contributed by atoms with Gasteiger partial charge in [-0.25, -0.2) is 9.97 Å². The molecule has 0 bridgehead atoms. The molecule has 0 amide bonds. The van der Waals surface area contributed by atoms with Crippen LogP contribution in [-0.4, -0.2) is 36.7 Å². The van der Waals surface area contributed by atoms with Gasteiger partial charge in [-0.1, -0.05) is 0 Å². The van der Waals surface area contributed by atoms with E-state index < -0.39 is 0 Å². The third kappa shape index (κ3) is 2.87. The quantitative estimate of drug-likeness (QED) is 0.778. The van der Waals surface area contributed by atoms with Crippen LogP contribution >= 0.6 is 11.3 Å². The van der Waals surface area contributed by atoms with Crippen LogP contribution in [0.15, 0.2) is 11.0 Å². The third-order valence-electron chi connectivity index (χ3n) is 4.37. The zero-order valence-electron chi connectivity index (χ0n) is 13.9. The lowest BCUT2D eigenvalue weighted by Crippen LogP contribution is -2.22. The number of aryl methyl sites for hydroxylation is 3. The Kier molecular flexibility index (Phi) is 3.93. The Balaban J connectivity index is 1.51. The largest absolute Gasteiger partial charge is 0.309 e. The number of aromatic amines is 1. The van der Waals surface area contributed by atoms with E-state index in [1.807, 2.05) is 18.4 Å². The van der Waals surface area contributed by atoms with Crippen LogP contribution in [0.1, 0.15) is 34.2 Å². The molecular weight excluding hydrogens is 324 g/mol. The highest BCUT2D eigenvalue weighted by molar-refractivity contribution is 7.11. The second kappa shape index (κ2) is 6.10. The minimum Gasteiger partial charge on any atom is -0.309 e. The fourth-order valence-corrected chi connectivity index (χ4v) is 4.41. The molecule has 0 atom stereocenters. The normalized spacial score (nSPS) is 14.5. The van der Waals surface area contributed by atoms with Gasteiger partial charge in [-0.2, -0.15) is 5.10 Å². The SMILES string of the molecule is CN(Cc1nc2c(cnn2C)c(=O)[nH]1)Cc1nc2c(s1)CCCC2. The lowest BCUT2D eigenvalue weighted by Gasteiger charge is -2.14. The summed E-state index contributed by atoms with van der Waals surface area (Å²) < 4.78 is 1.63. The van der Waals surface area contributed by atoms with Gasteiger partial charge in [0.25, 0.3) is 5.56 Å².